The Morgan fingerprint density at radius 3 is 2.83 bits per heavy atom. The highest BCUT2D eigenvalue weighted by Gasteiger charge is 2.09. The Bertz CT molecular complexity index is 865. The summed E-state index contributed by atoms with van der Waals surface area (Å²) < 4.78 is 13.1. The molecule has 3 rings (SSSR count). The van der Waals surface area contributed by atoms with E-state index in [1.54, 1.807) is 12.1 Å². The number of nitrogens with zero attached hydrogens (tertiary/aromatic N) is 2. The average molecular weight is 342 g/mol. The van der Waals surface area contributed by atoms with Gasteiger partial charge >= 0.3 is 0 Å². The maximum absolute atomic E-state index is 13.1. The number of aromatic nitrogens is 2. The lowest BCUT2D eigenvalue weighted by Gasteiger charge is -2.04. The standard InChI is InChI=1S/C17H15FN4OS/c1-11-4-2-7-15(19-11)22-17-21-14(10-24-17)9-16(23)20-13-6-3-5-12(18)8-13/h2-8,10H,9H2,1H3,(H,20,23)(H,19,21,22). The number of anilines is 3. The predicted octanol–water partition coefficient (Wildman–Crippen LogP) is 3.91. The molecule has 2 aromatic heterocycles. The van der Waals surface area contributed by atoms with E-state index in [-0.39, 0.29) is 12.3 Å². The lowest BCUT2D eigenvalue weighted by atomic mass is 10.3. The van der Waals surface area contributed by atoms with Crippen LogP contribution in [0.25, 0.3) is 0 Å². The molecule has 0 fully saturated rings. The number of nitrogens with one attached hydrogen (secondary N) is 2. The van der Waals surface area contributed by atoms with Crippen LogP contribution >= 0.6 is 11.3 Å². The van der Waals surface area contributed by atoms with Gasteiger partial charge in [0.05, 0.1) is 12.1 Å². The van der Waals surface area contributed by atoms with Crippen LogP contribution in [0.15, 0.2) is 47.8 Å². The molecule has 0 spiro atoms. The van der Waals surface area contributed by atoms with Crippen LogP contribution in [0.5, 0.6) is 0 Å². The average Bonchev–Trinajstić information content (AvgIpc) is 2.94. The van der Waals surface area contributed by atoms with E-state index in [1.807, 2.05) is 30.5 Å². The van der Waals surface area contributed by atoms with E-state index < -0.39 is 5.82 Å². The molecule has 0 saturated carbocycles. The van der Waals surface area contributed by atoms with Crippen LogP contribution in [0.1, 0.15) is 11.4 Å². The second-order valence-electron chi connectivity index (χ2n) is 5.17. The summed E-state index contributed by atoms with van der Waals surface area (Å²) in [7, 11) is 0. The van der Waals surface area contributed by atoms with Crippen molar-refractivity contribution in [3.63, 3.8) is 0 Å². The SMILES string of the molecule is Cc1cccc(Nc2nc(CC(=O)Nc3cccc(F)c3)cs2)n1. The van der Waals surface area contributed by atoms with Crippen LogP contribution < -0.4 is 10.6 Å². The molecule has 0 aliphatic carbocycles. The van der Waals surface area contributed by atoms with Crippen molar-refractivity contribution >= 4 is 33.9 Å². The van der Waals surface area contributed by atoms with E-state index in [2.05, 4.69) is 20.6 Å². The van der Waals surface area contributed by atoms with Crippen molar-refractivity contribution in [3.05, 3.63) is 65.0 Å². The van der Waals surface area contributed by atoms with Gasteiger partial charge in [0.2, 0.25) is 5.91 Å². The minimum Gasteiger partial charge on any atom is -0.326 e. The molecule has 0 unspecified atom stereocenters. The van der Waals surface area contributed by atoms with Gasteiger partial charge < -0.3 is 10.6 Å². The highest BCUT2D eigenvalue weighted by Crippen LogP contribution is 2.20. The Kier molecular flexibility index (Phi) is 4.81. The van der Waals surface area contributed by atoms with Crippen LogP contribution in [0.3, 0.4) is 0 Å². The number of aryl methyl sites for hydroxylation is 1. The lowest BCUT2D eigenvalue weighted by Crippen LogP contribution is -2.14. The van der Waals surface area contributed by atoms with Crippen molar-refractivity contribution in [1.29, 1.82) is 0 Å². The molecular formula is C17H15FN4OS. The van der Waals surface area contributed by atoms with Crippen LogP contribution in [-0.4, -0.2) is 15.9 Å². The molecule has 0 aliphatic rings. The topological polar surface area (TPSA) is 66.9 Å². The molecule has 0 aliphatic heterocycles. The van der Waals surface area contributed by atoms with Crippen molar-refractivity contribution in [2.24, 2.45) is 0 Å². The van der Waals surface area contributed by atoms with Crippen molar-refractivity contribution in [1.82, 2.24) is 9.97 Å². The van der Waals surface area contributed by atoms with Gasteiger partial charge in [0.1, 0.15) is 11.6 Å². The molecule has 7 heteroatoms. The highest BCUT2D eigenvalue weighted by molar-refractivity contribution is 7.13. The normalized spacial score (nSPS) is 10.4. The van der Waals surface area contributed by atoms with Gasteiger partial charge in [-0.05, 0) is 37.3 Å². The lowest BCUT2D eigenvalue weighted by molar-refractivity contribution is -0.115. The van der Waals surface area contributed by atoms with Crippen molar-refractivity contribution < 1.29 is 9.18 Å². The minimum absolute atomic E-state index is 0.121. The fourth-order valence-corrected chi connectivity index (χ4v) is 2.82. The first-order valence-corrected chi connectivity index (χ1v) is 8.17. The maximum atomic E-state index is 13.1. The maximum Gasteiger partial charge on any atom is 0.230 e. The monoisotopic (exact) mass is 342 g/mol. The summed E-state index contributed by atoms with van der Waals surface area (Å²) in [5.41, 5.74) is 1.98. The molecule has 2 N–H and O–H groups in total. The van der Waals surface area contributed by atoms with Gasteiger partial charge in [-0.15, -0.1) is 11.3 Å². The Labute approximate surface area is 142 Å². The van der Waals surface area contributed by atoms with E-state index in [1.165, 1.54) is 23.5 Å². The molecule has 0 radical (unpaired) electrons. The van der Waals surface area contributed by atoms with Gasteiger partial charge in [-0.2, -0.15) is 0 Å². The number of carbonyl (C=O) groups is 1. The Morgan fingerprint density at radius 2 is 2.04 bits per heavy atom. The predicted molar refractivity (Wildman–Crippen MR) is 93.1 cm³/mol. The van der Waals surface area contributed by atoms with E-state index in [0.29, 0.717) is 22.3 Å². The van der Waals surface area contributed by atoms with E-state index >= 15 is 0 Å². The van der Waals surface area contributed by atoms with Gasteiger partial charge in [-0.3, -0.25) is 4.79 Å². The number of rotatable bonds is 5. The number of amides is 1. The summed E-state index contributed by atoms with van der Waals surface area (Å²) in [5, 5.41) is 8.24. The molecule has 24 heavy (non-hydrogen) atoms. The molecule has 1 aromatic carbocycles. The third kappa shape index (κ3) is 4.36. The Balaban J connectivity index is 1.60. The second-order valence-corrected chi connectivity index (χ2v) is 6.03. The smallest absolute Gasteiger partial charge is 0.230 e. The van der Waals surface area contributed by atoms with Gasteiger partial charge in [-0.25, -0.2) is 14.4 Å². The number of benzene rings is 1. The molecule has 0 bridgehead atoms. The minimum atomic E-state index is -0.390. The summed E-state index contributed by atoms with van der Waals surface area (Å²) in [4.78, 5) is 20.7. The number of hydrogen-bond acceptors (Lipinski definition) is 5. The molecule has 122 valence electrons. The van der Waals surface area contributed by atoms with Gasteiger partial charge in [0.25, 0.3) is 0 Å². The molecule has 5 nitrogen and oxygen atoms in total. The summed E-state index contributed by atoms with van der Waals surface area (Å²) >= 11 is 1.40. The first-order valence-electron chi connectivity index (χ1n) is 7.29. The summed E-state index contributed by atoms with van der Waals surface area (Å²) in [6, 6.07) is 11.5. The first-order chi connectivity index (χ1) is 11.6. The van der Waals surface area contributed by atoms with Crippen molar-refractivity contribution in [3.8, 4) is 0 Å². The Morgan fingerprint density at radius 1 is 1.21 bits per heavy atom. The Hall–Kier alpha value is -2.80. The van der Waals surface area contributed by atoms with Gasteiger partial charge in [0.15, 0.2) is 5.13 Å². The van der Waals surface area contributed by atoms with E-state index in [9.17, 15) is 9.18 Å². The third-order valence-electron chi connectivity index (χ3n) is 3.13. The van der Waals surface area contributed by atoms with Crippen molar-refractivity contribution in [2.75, 3.05) is 10.6 Å². The number of pyridine rings is 1. The second kappa shape index (κ2) is 7.18. The molecule has 0 saturated heterocycles. The van der Waals surface area contributed by atoms with Crippen LogP contribution in [0.2, 0.25) is 0 Å². The fourth-order valence-electron chi connectivity index (χ4n) is 2.10. The zero-order valence-corrected chi connectivity index (χ0v) is 13.7. The molecule has 3 aromatic rings. The third-order valence-corrected chi connectivity index (χ3v) is 3.93. The molecule has 2 heterocycles. The first kappa shape index (κ1) is 16.1. The largest absolute Gasteiger partial charge is 0.326 e. The van der Waals surface area contributed by atoms with Crippen LogP contribution in [-0.2, 0) is 11.2 Å². The zero-order chi connectivity index (χ0) is 16.9. The molecular weight excluding hydrogens is 327 g/mol. The molecule has 0 atom stereocenters. The summed E-state index contributed by atoms with van der Waals surface area (Å²) in [6.45, 7) is 1.91. The van der Waals surface area contributed by atoms with Gasteiger partial charge in [0, 0.05) is 16.8 Å². The summed E-state index contributed by atoms with van der Waals surface area (Å²) in [5.74, 6) is 0.0739. The zero-order valence-electron chi connectivity index (χ0n) is 12.9. The van der Waals surface area contributed by atoms with Crippen LogP contribution in [0.4, 0.5) is 21.0 Å². The number of carbonyl (C=O) groups excluding carboxylic acids is 1. The number of halogens is 1. The van der Waals surface area contributed by atoms with Gasteiger partial charge in [-0.1, -0.05) is 12.1 Å². The highest BCUT2D eigenvalue weighted by atomic mass is 32.1. The quantitative estimate of drug-likeness (QED) is 0.738. The molecule has 1 amide bonds. The summed E-state index contributed by atoms with van der Waals surface area (Å²) in [6.07, 6.45) is 0.121. The fraction of sp³-hybridized carbons (Fsp3) is 0.118. The van der Waals surface area contributed by atoms with E-state index in [0.717, 1.165) is 5.69 Å². The van der Waals surface area contributed by atoms with E-state index in [4.69, 9.17) is 0 Å². The van der Waals surface area contributed by atoms with Crippen molar-refractivity contribution in [2.45, 2.75) is 13.3 Å². The van der Waals surface area contributed by atoms with Crippen LogP contribution in [0, 0.1) is 12.7 Å². The number of thiazole rings is 1. The number of hydrogen-bond donors (Lipinski definition) is 2.